The minimum absolute atomic E-state index is 0.693. The minimum Gasteiger partial charge on any atom is -0.385 e. The monoisotopic (exact) mass is 253 g/mol. The average Bonchev–Trinajstić information content (AvgIpc) is 2.42. The SMILES string of the molecule is CNc1cccc(N(CCCOC)CCOC)n1. The summed E-state index contributed by atoms with van der Waals surface area (Å²) in [6, 6.07) is 5.97. The van der Waals surface area contributed by atoms with E-state index < -0.39 is 0 Å². The third kappa shape index (κ3) is 4.89. The predicted octanol–water partition coefficient (Wildman–Crippen LogP) is 1.61. The number of hydrogen-bond donors (Lipinski definition) is 1. The summed E-state index contributed by atoms with van der Waals surface area (Å²) in [5.41, 5.74) is 0. The number of ether oxygens (including phenoxy) is 2. The van der Waals surface area contributed by atoms with E-state index in [0.29, 0.717) is 6.61 Å². The molecule has 102 valence electrons. The highest BCUT2D eigenvalue weighted by Crippen LogP contribution is 2.14. The summed E-state index contributed by atoms with van der Waals surface area (Å²) in [4.78, 5) is 6.75. The van der Waals surface area contributed by atoms with Crippen molar-refractivity contribution in [1.82, 2.24) is 4.98 Å². The summed E-state index contributed by atoms with van der Waals surface area (Å²) in [5.74, 6) is 1.84. The van der Waals surface area contributed by atoms with Gasteiger partial charge in [-0.1, -0.05) is 6.07 Å². The molecule has 0 radical (unpaired) electrons. The standard InChI is InChI=1S/C13H23N3O2/c1-14-12-6-4-7-13(15-12)16(9-11-18-3)8-5-10-17-2/h4,6-7H,5,8-11H2,1-3H3,(H,14,15). The first-order valence-corrected chi connectivity index (χ1v) is 6.19. The molecule has 0 amide bonds. The fraction of sp³-hybridized carbons (Fsp3) is 0.615. The second-order valence-electron chi connectivity index (χ2n) is 3.96. The van der Waals surface area contributed by atoms with Crippen LogP contribution in [0.15, 0.2) is 18.2 Å². The molecule has 0 atom stereocenters. The van der Waals surface area contributed by atoms with Crippen molar-refractivity contribution in [2.75, 3.05) is 57.8 Å². The second kappa shape index (κ2) is 8.72. The van der Waals surface area contributed by atoms with Crippen LogP contribution in [0.4, 0.5) is 11.6 Å². The van der Waals surface area contributed by atoms with Gasteiger partial charge in [0.05, 0.1) is 6.61 Å². The Kier molecular flexibility index (Phi) is 7.13. The Morgan fingerprint density at radius 1 is 1.17 bits per heavy atom. The van der Waals surface area contributed by atoms with Gasteiger partial charge in [0.15, 0.2) is 0 Å². The molecule has 5 nitrogen and oxygen atoms in total. The van der Waals surface area contributed by atoms with E-state index in [4.69, 9.17) is 9.47 Å². The predicted molar refractivity (Wildman–Crippen MR) is 74.4 cm³/mol. The van der Waals surface area contributed by atoms with E-state index in [-0.39, 0.29) is 0 Å². The molecule has 1 heterocycles. The fourth-order valence-corrected chi connectivity index (χ4v) is 1.68. The van der Waals surface area contributed by atoms with E-state index in [1.54, 1.807) is 14.2 Å². The molecule has 0 saturated carbocycles. The van der Waals surface area contributed by atoms with Gasteiger partial charge in [0.2, 0.25) is 0 Å². The van der Waals surface area contributed by atoms with Gasteiger partial charge in [-0.15, -0.1) is 0 Å². The lowest BCUT2D eigenvalue weighted by molar-refractivity contribution is 0.191. The lowest BCUT2D eigenvalue weighted by Crippen LogP contribution is -2.29. The first-order valence-electron chi connectivity index (χ1n) is 6.19. The number of pyridine rings is 1. The molecule has 5 heteroatoms. The molecular weight excluding hydrogens is 230 g/mol. The highest BCUT2D eigenvalue weighted by molar-refractivity contribution is 5.46. The van der Waals surface area contributed by atoms with Gasteiger partial charge in [0, 0.05) is 41.0 Å². The Morgan fingerprint density at radius 3 is 2.61 bits per heavy atom. The number of anilines is 2. The van der Waals surface area contributed by atoms with Gasteiger partial charge in [0.25, 0.3) is 0 Å². The number of methoxy groups -OCH3 is 2. The van der Waals surface area contributed by atoms with Crippen LogP contribution in [0.2, 0.25) is 0 Å². The summed E-state index contributed by atoms with van der Waals surface area (Å²) in [6.07, 6.45) is 0.978. The molecule has 0 aliphatic heterocycles. The summed E-state index contributed by atoms with van der Waals surface area (Å²) in [6.45, 7) is 3.20. The molecular formula is C13H23N3O2. The molecule has 1 aromatic rings. The second-order valence-corrected chi connectivity index (χ2v) is 3.96. The van der Waals surface area contributed by atoms with Crippen LogP contribution < -0.4 is 10.2 Å². The number of nitrogens with zero attached hydrogens (tertiary/aromatic N) is 2. The molecule has 1 aromatic heterocycles. The highest BCUT2D eigenvalue weighted by Gasteiger charge is 2.07. The van der Waals surface area contributed by atoms with E-state index >= 15 is 0 Å². The van der Waals surface area contributed by atoms with E-state index in [9.17, 15) is 0 Å². The van der Waals surface area contributed by atoms with Crippen molar-refractivity contribution >= 4 is 11.6 Å². The van der Waals surface area contributed by atoms with Gasteiger partial charge < -0.3 is 19.7 Å². The Labute approximate surface area is 109 Å². The van der Waals surface area contributed by atoms with Crippen LogP contribution in [0.5, 0.6) is 0 Å². The number of aromatic nitrogens is 1. The lowest BCUT2D eigenvalue weighted by Gasteiger charge is -2.23. The van der Waals surface area contributed by atoms with Crippen LogP contribution in [0.3, 0.4) is 0 Å². The molecule has 1 N–H and O–H groups in total. The summed E-state index contributed by atoms with van der Waals surface area (Å²) >= 11 is 0. The molecule has 0 aromatic carbocycles. The van der Waals surface area contributed by atoms with E-state index in [1.807, 2.05) is 25.2 Å². The highest BCUT2D eigenvalue weighted by atomic mass is 16.5. The lowest BCUT2D eigenvalue weighted by atomic mass is 10.3. The molecule has 0 unspecified atom stereocenters. The van der Waals surface area contributed by atoms with E-state index in [2.05, 4.69) is 15.2 Å². The fourth-order valence-electron chi connectivity index (χ4n) is 1.68. The third-order valence-electron chi connectivity index (χ3n) is 2.66. The van der Waals surface area contributed by atoms with Crippen LogP contribution in [-0.2, 0) is 9.47 Å². The van der Waals surface area contributed by atoms with Gasteiger partial charge in [-0.2, -0.15) is 0 Å². The summed E-state index contributed by atoms with van der Waals surface area (Å²) in [7, 11) is 5.31. The van der Waals surface area contributed by atoms with Crippen molar-refractivity contribution in [2.45, 2.75) is 6.42 Å². The van der Waals surface area contributed by atoms with Crippen molar-refractivity contribution in [3.05, 3.63) is 18.2 Å². The topological polar surface area (TPSA) is 46.6 Å². The maximum atomic E-state index is 5.14. The van der Waals surface area contributed by atoms with Crippen molar-refractivity contribution in [2.24, 2.45) is 0 Å². The quantitative estimate of drug-likeness (QED) is 0.678. The average molecular weight is 253 g/mol. The zero-order chi connectivity index (χ0) is 13.2. The molecule has 0 saturated heterocycles. The van der Waals surface area contributed by atoms with E-state index in [1.165, 1.54) is 0 Å². The Morgan fingerprint density at radius 2 is 1.94 bits per heavy atom. The molecule has 0 spiro atoms. The third-order valence-corrected chi connectivity index (χ3v) is 2.66. The van der Waals surface area contributed by atoms with Crippen molar-refractivity contribution < 1.29 is 9.47 Å². The van der Waals surface area contributed by atoms with Crippen LogP contribution >= 0.6 is 0 Å². The van der Waals surface area contributed by atoms with Gasteiger partial charge >= 0.3 is 0 Å². The maximum Gasteiger partial charge on any atom is 0.131 e. The van der Waals surface area contributed by atoms with Crippen LogP contribution in [0.25, 0.3) is 0 Å². The Bertz CT molecular complexity index is 334. The number of rotatable bonds is 9. The van der Waals surface area contributed by atoms with Gasteiger partial charge in [-0.05, 0) is 18.6 Å². The van der Waals surface area contributed by atoms with Crippen molar-refractivity contribution in [3.63, 3.8) is 0 Å². The molecule has 0 aliphatic carbocycles. The first-order chi connectivity index (χ1) is 8.81. The van der Waals surface area contributed by atoms with Crippen LogP contribution in [0.1, 0.15) is 6.42 Å². The van der Waals surface area contributed by atoms with Gasteiger partial charge in [-0.3, -0.25) is 0 Å². The van der Waals surface area contributed by atoms with E-state index in [0.717, 1.165) is 37.8 Å². The normalized spacial score (nSPS) is 10.4. The molecule has 0 fully saturated rings. The Hall–Kier alpha value is -1.33. The number of hydrogen-bond acceptors (Lipinski definition) is 5. The molecule has 1 rings (SSSR count). The minimum atomic E-state index is 0.693. The summed E-state index contributed by atoms with van der Waals surface area (Å²) in [5, 5.41) is 3.05. The molecule has 18 heavy (non-hydrogen) atoms. The zero-order valence-corrected chi connectivity index (χ0v) is 11.5. The van der Waals surface area contributed by atoms with Crippen molar-refractivity contribution in [3.8, 4) is 0 Å². The van der Waals surface area contributed by atoms with Gasteiger partial charge in [0.1, 0.15) is 11.6 Å². The Balaban J connectivity index is 2.66. The first kappa shape index (κ1) is 14.7. The summed E-state index contributed by atoms with van der Waals surface area (Å²) < 4.78 is 10.2. The molecule has 0 bridgehead atoms. The van der Waals surface area contributed by atoms with Crippen molar-refractivity contribution in [1.29, 1.82) is 0 Å². The zero-order valence-electron chi connectivity index (χ0n) is 11.5. The number of nitrogens with one attached hydrogen (secondary N) is 1. The van der Waals surface area contributed by atoms with Crippen LogP contribution in [-0.4, -0.2) is 52.6 Å². The van der Waals surface area contributed by atoms with Crippen LogP contribution in [0, 0.1) is 0 Å². The smallest absolute Gasteiger partial charge is 0.131 e. The van der Waals surface area contributed by atoms with Gasteiger partial charge in [-0.25, -0.2) is 4.98 Å². The largest absolute Gasteiger partial charge is 0.385 e. The molecule has 0 aliphatic rings. The maximum absolute atomic E-state index is 5.14.